The molecule has 0 atom stereocenters. The maximum Gasteiger partial charge on any atom is 0.235 e. The average molecular weight is 296 g/mol. The Labute approximate surface area is 119 Å². The van der Waals surface area contributed by atoms with E-state index in [1.165, 1.54) is 6.07 Å². The summed E-state index contributed by atoms with van der Waals surface area (Å²) in [4.78, 5) is 11.9. The lowest BCUT2D eigenvalue weighted by molar-refractivity contribution is -0.119. The van der Waals surface area contributed by atoms with Gasteiger partial charge in [-0.15, -0.1) is 0 Å². The van der Waals surface area contributed by atoms with Crippen molar-refractivity contribution in [3.8, 4) is 0 Å². The second kappa shape index (κ2) is 5.83. The summed E-state index contributed by atoms with van der Waals surface area (Å²) < 4.78 is 24.5. The van der Waals surface area contributed by atoms with E-state index < -0.39 is 21.5 Å². The van der Waals surface area contributed by atoms with E-state index in [4.69, 9.17) is 5.73 Å². The van der Waals surface area contributed by atoms with Crippen molar-refractivity contribution in [3.63, 3.8) is 0 Å². The van der Waals surface area contributed by atoms with E-state index in [2.05, 4.69) is 5.32 Å². The average Bonchev–Trinajstić information content (AvgIpc) is 2.84. The summed E-state index contributed by atoms with van der Waals surface area (Å²) in [7, 11) is -3.69. The Hall–Kier alpha value is -1.56. The van der Waals surface area contributed by atoms with Crippen LogP contribution in [0.5, 0.6) is 0 Å². The quantitative estimate of drug-likeness (QED) is 0.822. The maximum absolute atomic E-state index is 12.2. The van der Waals surface area contributed by atoms with Gasteiger partial charge in [-0.05, 0) is 31.4 Å². The van der Waals surface area contributed by atoms with Crippen LogP contribution in [0.15, 0.2) is 23.1 Å². The van der Waals surface area contributed by atoms with Gasteiger partial charge in [-0.25, -0.2) is 8.42 Å². The van der Waals surface area contributed by atoms with Crippen LogP contribution >= 0.6 is 0 Å². The standard InChI is InChI=1S/C14H20N2O3S/c1-10-5-4-8-12(14(10)15)20(18,19)9-13(17)16-11-6-2-3-7-11/h4-5,8,11H,2-3,6-7,9,15H2,1H3,(H,16,17). The van der Waals surface area contributed by atoms with E-state index in [-0.39, 0.29) is 16.6 Å². The highest BCUT2D eigenvalue weighted by Crippen LogP contribution is 2.23. The molecule has 2 rings (SSSR count). The maximum atomic E-state index is 12.2. The number of benzene rings is 1. The van der Waals surface area contributed by atoms with Crippen LogP contribution in [-0.4, -0.2) is 26.1 Å². The van der Waals surface area contributed by atoms with Gasteiger partial charge in [0.2, 0.25) is 5.91 Å². The molecule has 3 N–H and O–H groups in total. The van der Waals surface area contributed by atoms with Gasteiger partial charge in [0.1, 0.15) is 5.75 Å². The van der Waals surface area contributed by atoms with Gasteiger partial charge in [-0.3, -0.25) is 4.79 Å². The van der Waals surface area contributed by atoms with E-state index in [1.807, 2.05) is 0 Å². The molecule has 1 aromatic rings. The van der Waals surface area contributed by atoms with Crippen molar-refractivity contribution in [1.82, 2.24) is 5.32 Å². The second-order valence-corrected chi connectivity index (χ2v) is 7.25. The van der Waals surface area contributed by atoms with E-state index in [9.17, 15) is 13.2 Å². The number of carbonyl (C=O) groups is 1. The molecule has 0 heterocycles. The number of hydrogen-bond acceptors (Lipinski definition) is 4. The molecule has 0 saturated heterocycles. The Morgan fingerprint density at radius 1 is 1.35 bits per heavy atom. The molecule has 1 amide bonds. The van der Waals surface area contributed by atoms with Crippen LogP contribution in [0.25, 0.3) is 0 Å². The smallest absolute Gasteiger partial charge is 0.235 e. The van der Waals surface area contributed by atoms with Crippen molar-refractivity contribution >= 4 is 21.4 Å². The third-order valence-corrected chi connectivity index (χ3v) is 5.33. The predicted molar refractivity (Wildman–Crippen MR) is 78.0 cm³/mol. The van der Waals surface area contributed by atoms with Crippen molar-refractivity contribution in [3.05, 3.63) is 23.8 Å². The summed E-state index contributed by atoms with van der Waals surface area (Å²) in [6.45, 7) is 1.74. The van der Waals surface area contributed by atoms with E-state index >= 15 is 0 Å². The van der Waals surface area contributed by atoms with Gasteiger partial charge in [-0.1, -0.05) is 25.0 Å². The number of anilines is 1. The minimum Gasteiger partial charge on any atom is -0.397 e. The van der Waals surface area contributed by atoms with Crippen LogP contribution in [0, 0.1) is 6.92 Å². The molecule has 0 bridgehead atoms. The van der Waals surface area contributed by atoms with Crippen molar-refractivity contribution in [1.29, 1.82) is 0 Å². The molecule has 0 unspecified atom stereocenters. The van der Waals surface area contributed by atoms with Crippen LogP contribution in [-0.2, 0) is 14.6 Å². The third kappa shape index (κ3) is 3.30. The minimum absolute atomic E-state index is 0.0408. The van der Waals surface area contributed by atoms with E-state index in [0.29, 0.717) is 5.56 Å². The van der Waals surface area contributed by atoms with Crippen LogP contribution in [0.1, 0.15) is 31.2 Å². The molecule has 1 saturated carbocycles. The number of amides is 1. The van der Waals surface area contributed by atoms with Crippen molar-refractivity contribution in [2.24, 2.45) is 0 Å². The number of nitrogen functional groups attached to an aromatic ring is 1. The first-order valence-electron chi connectivity index (χ1n) is 6.77. The first-order chi connectivity index (χ1) is 9.40. The lowest BCUT2D eigenvalue weighted by Crippen LogP contribution is -2.37. The highest BCUT2D eigenvalue weighted by Gasteiger charge is 2.24. The van der Waals surface area contributed by atoms with Crippen LogP contribution in [0.3, 0.4) is 0 Å². The SMILES string of the molecule is Cc1cccc(S(=O)(=O)CC(=O)NC2CCCC2)c1N. The van der Waals surface area contributed by atoms with E-state index in [0.717, 1.165) is 25.7 Å². The molecule has 20 heavy (non-hydrogen) atoms. The predicted octanol–water partition coefficient (Wildman–Crippen LogP) is 1.41. The van der Waals surface area contributed by atoms with Gasteiger partial charge >= 0.3 is 0 Å². The summed E-state index contributed by atoms with van der Waals surface area (Å²) in [5.74, 6) is -0.991. The fourth-order valence-corrected chi connectivity index (χ4v) is 3.88. The number of sulfone groups is 1. The highest BCUT2D eigenvalue weighted by molar-refractivity contribution is 7.92. The first kappa shape index (κ1) is 14.8. The first-order valence-corrected chi connectivity index (χ1v) is 8.42. The molecule has 1 aromatic carbocycles. The van der Waals surface area contributed by atoms with Gasteiger partial charge in [0.25, 0.3) is 0 Å². The molecule has 0 spiro atoms. The molecule has 5 nitrogen and oxygen atoms in total. The summed E-state index contributed by atoms with van der Waals surface area (Å²) in [5, 5.41) is 2.78. The molecular formula is C14H20N2O3S. The topological polar surface area (TPSA) is 89.3 Å². The van der Waals surface area contributed by atoms with Gasteiger partial charge < -0.3 is 11.1 Å². The summed E-state index contributed by atoms with van der Waals surface area (Å²) in [6, 6.07) is 4.94. The van der Waals surface area contributed by atoms with Crippen LogP contribution in [0.2, 0.25) is 0 Å². The zero-order chi connectivity index (χ0) is 14.8. The Balaban J connectivity index is 2.10. The Bertz CT molecular complexity index is 605. The Kier molecular flexibility index (Phi) is 4.32. The number of carbonyl (C=O) groups excluding carboxylic acids is 1. The molecule has 0 radical (unpaired) electrons. The van der Waals surface area contributed by atoms with Crippen molar-refractivity contribution in [2.75, 3.05) is 11.5 Å². The number of para-hydroxylation sites is 1. The molecule has 0 aliphatic heterocycles. The lowest BCUT2D eigenvalue weighted by atomic mass is 10.2. The molecule has 1 aliphatic rings. The number of hydrogen-bond donors (Lipinski definition) is 2. The fourth-order valence-electron chi connectivity index (χ4n) is 2.51. The molecule has 110 valence electrons. The van der Waals surface area contributed by atoms with E-state index in [1.54, 1.807) is 19.1 Å². The molecule has 1 aliphatic carbocycles. The zero-order valence-electron chi connectivity index (χ0n) is 11.6. The van der Waals surface area contributed by atoms with Crippen LogP contribution in [0.4, 0.5) is 5.69 Å². The Morgan fingerprint density at radius 3 is 2.65 bits per heavy atom. The summed E-state index contributed by atoms with van der Waals surface area (Å²) in [6.07, 6.45) is 4.03. The normalized spacial score (nSPS) is 16.2. The molecular weight excluding hydrogens is 276 g/mol. The lowest BCUT2D eigenvalue weighted by Gasteiger charge is -2.13. The molecule has 6 heteroatoms. The summed E-state index contributed by atoms with van der Waals surface area (Å²) >= 11 is 0. The van der Waals surface area contributed by atoms with Gasteiger partial charge in [0, 0.05) is 6.04 Å². The summed E-state index contributed by atoms with van der Waals surface area (Å²) in [5.41, 5.74) is 6.72. The highest BCUT2D eigenvalue weighted by atomic mass is 32.2. The van der Waals surface area contributed by atoms with Crippen LogP contribution < -0.4 is 11.1 Å². The number of nitrogens with two attached hydrogens (primary N) is 1. The molecule has 1 fully saturated rings. The van der Waals surface area contributed by atoms with Gasteiger partial charge in [-0.2, -0.15) is 0 Å². The second-order valence-electron chi connectivity index (χ2n) is 5.29. The largest absolute Gasteiger partial charge is 0.397 e. The zero-order valence-corrected chi connectivity index (χ0v) is 12.4. The number of rotatable bonds is 4. The number of nitrogens with one attached hydrogen (secondary N) is 1. The fraction of sp³-hybridized carbons (Fsp3) is 0.500. The Morgan fingerprint density at radius 2 is 2.00 bits per heavy atom. The van der Waals surface area contributed by atoms with Crippen molar-refractivity contribution in [2.45, 2.75) is 43.5 Å². The minimum atomic E-state index is -3.69. The van der Waals surface area contributed by atoms with Gasteiger partial charge in [0.05, 0.1) is 10.6 Å². The van der Waals surface area contributed by atoms with Gasteiger partial charge in [0.15, 0.2) is 9.84 Å². The number of aryl methyl sites for hydroxylation is 1. The monoisotopic (exact) mass is 296 g/mol. The molecule has 0 aromatic heterocycles. The third-order valence-electron chi connectivity index (χ3n) is 3.66. The van der Waals surface area contributed by atoms with Crippen molar-refractivity contribution < 1.29 is 13.2 Å².